The Labute approximate surface area is 146 Å². The van der Waals surface area contributed by atoms with Crippen LogP contribution in [0, 0.1) is 44.1 Å². The molecule has 6 heteroatoms. The van der Waals surface area contributed by atoms with Crippen molar-refractivity contribution in [1.82, 2.24) is 0 Å². The predicted molar refractivity (Wildman–Crippen MR) is 67.8 cm³/mol. The molecule has 0 unspecified atom stereocenters. The summed E-state index contributed by atoms with van der Waals surface area (Å²) in [6.45, 7) is 0.0248. The fourth-order valence-corrected chi connectivity index (χ4v) is 2.96. The minimum absolute atomic E-state index is 0. The Morgan fingerprint density at radius 3 is 2.22 bits per heavy atom. The zero-order valence-electron chi connectivity index (χ0n) is 9.51. The van der Waals surface area contributed by atoms with E-state index in [4.69, 9.17) is 15.8 Å². The van der Waals surface area contributed by atoms with Gasteiger partial charge in [-0.05, 0) is 23.4 Å². The Morgan fingerprint density at radius 1 is 1.06 bits per heavy atom. The minimum atomic E-state index is -3.75. The molecule has 0 fully saturated rings. The summed E-state index contributed by atoms with van der Waals surface area (Å²) in [5.41, 5.74) is 0.909. The van der Waals surface area contributed by atoms with Gasteiger partial charge < -0.3 is 5.11 Å². The van der Waals surface area contributed by atoms with E-state index in [1.165, 1.54) is 6.07 Å². The molecule has 18 heavy (non-hydrogen) atoms. The summed E-state index contributed by atoms with van der Waals surface area (Å²) < 4.78 is 22.9. The second kappa shape index (κ2) is 6.67. The number of hydrogen-bond acceptors (Lipinski definition) is 3. The summed E-state index contributed by atoms with van der Waals surface area (Å²) in [5.74, 6) is 0. The number of benzene rings is 2. The van der Waals surface area contributed by atoms with Gasteiger partial charge in [-0.15, -0.1) is 0 Å². The van der Waals surface area contributed by atoms with E-state index < -0.39 is 9.05 Å². The van der Waals surface area contributed by atoms with E-state index in [1.807, 2.05) is 12.1 Å². The Balaban J connectivity index is 0.00000162. The molecule has 0 amide bonds. The van der Waals surface area contributed by atoms with Gasteiger partial charge in [-0.1, -0.05) is 30.3 Å². The molecule has 0 aliphatic carbocycles. The van der Waals surface area contributed by atoms with Crippen molar-refractivity contribution < 1.29 is 57.6 Å². The standard InChI is InChI=1S/C12H11ClO3S.Ac/c13-17(15,16)12-6-5-9(7-8-14)10-3-1-2-4-11(10)12;/h1-6,14H,7-8H2;. The third kappa shape index (κ3) is 3.46. The van der Waals surface area contributed by atoms with Gasteiger partial charge in [-0.2, -0.15) is 0 Å². The summed E-state index contributed by atoms with van der Waals surface area (Å²) in [6.07, 6.45) is 0.489. The summed E-state index contributed by atoms with van der Waals surface area (Å²) >= 11 is 0. The van der Waals surface area contributed by atoms with Crippen molar-refractivity contribution in [2.24, 2.45) is 0 Å². The van der Waals surface area contributed by atoms with E-state index in [9.17, 15) is 8.42 Å². The molecule has 0 aliphatic heterocycles. The van der Waals surface area contributed by atoms with Crippen LogP contribution in [0.25, 0.3) is 10.8 Å². The van der Waals surface area contributed by atoms with Crippen LogP contribution in [0.4, 0.5) is 0 Å². The van der Waals surface area contributed by atoms with Gasteiger partial charge in [0, 0.05) is 66.7 Å². The van der Waals surface area contributed by atoms with Crippen molar-refractivity contribution in [1.29, 1.82) is 0 Å². The zero-order chi connectivity index (χ0) is 12.5. The monoisotopic (exact) mass is 497 g/mol. The molecule has 0 saturated heterocycles. The Morgan fingerprint density at radius 2 is 1.67 bits per heavy atom. The van der Waals surface area contributed by atoms with Crippen LogP contribution in [-0.4, -0.2) is 20.1 Å². The molecule has 93 valence electrons. The maximum atomic E-state index is 11.4. The van der Waals surface area contributed by atoms with Gasteiger partial charge in [0.05, 0.1) is 4.90 Å². The number of rotatable bonds is 3. The molecule has 0 aliphatic rings. The normalized spacial score (nSPS) is 11.2. The minimum Gasteiger partial charge on any atom is -0.396 e. The molecule has 0 bridgehead atoms. The first kappa shape index (κ1) is 16.4. The van der Waals surface area contributed by atoms with E-state index in [0.717, 1.165) is 10.9 Å². The molecule has 1 N–H and O–H groups in total. The first-order chi connectivity index (χ1) is 8.04. The second-order valence-corrected chi connectivity index (χ2v) is 6.21. The molecule has 2 aromatic rings. The molecule has 0 saturated carbocycles. The van der Waals surface area contributed by atoms with E-state index in [2.05, 4.69) is 0 Å². The average molecular weight is 498 g/mol. The molecule has 1 radical (unpaired) electrons. The first-order valence-corrected chi connectivity index (χ1v) is 7.41. The van der Waals surface area contributed by atoms with Gasteiger partial charge in [0.25, 0.3) is 9.05 Å². The van der Waals surface area contributed by atoms with E-state index in [1.54, 1.807) is 18.2 Å². The van der Waals surface area contributed by atoms with Crippen molar-refractivity contribution >= 4 is 30.5 Å². The molecule has 0 spiro atoms. The zero-order valence-corrected chi connectivity index (χ0v) is 15.8. The maximum absolute atomic E-state index is 11.4. The number of aliphatic hydroxyl groups is 1. The largest absolute Gasteiger partial charge is 0.396 e. The quantitative estimate of drug-likeness (QED) is 0.662. The van der Waals surface area contributed by atoms with Crippen LogP contribution in [0.5, 0.6) is 0 Å². The summed E-state index contributed by atoms with van der Waals surface area (Å²) in [5, 5.41) is 10.4. The molecule has 0 atom stereocenters. The number of aliphatic hydroxyl groups excluding tert-OH is 1. The summed E-state index contributed by atoms with van der Waals surface area (Å²) in [7, 11) is 1.64. The SMILES string of the molecule is O=S(=O)(Cl)c1ccc(CCO)c2ccccc12.[Ac]. The second-order valence-electron chi connectivity index (χ2n) is 3.68. The average Bonchev–Trinajstić information content (AvgIpc) is 2.28. The van der Waals surface area contributed by atoms with Crippen LogP contribution in [0.2, 0.25) is 0 Å². The number of fused-ring (bicyclic) bond motifs is 1. The number of halogens is 1. The van der Waals surface area contributed by atoms with E-state index >= 15 is 0 Å². The molecular weight excluding hydrogens is 487 g/mol. The fraction of sp³-hybridized carbons (Fsp3) is 0.167. The number of hydrogen-bond donors (Lipinski definition) is 1. The van der Waals surface area contributed by atoms with Gasteiger partial charge in [0.2, 0.25) is 0 Å². The maximum Gasteiger partial charge on any atom is 0.261 e. The van der Waals surface area contributed by atoms with Crippen LogP contribution in [0.3, 0.4) is 0 Å². The third-order valence-corrected chi connectivity index (χ3v) is 4.00. The molecule has 2 rings (SSSR count). The predicted octanol–water partition coefficient (Wildman–Crippen LogP) is 2.30. The van der Waals surface area contributed by atoms with Gasteiger partial charge in [0.15, 0.2) is 0 Å². The molecule has 2 aromatic carbocycles. The van der Waals surface area contributed by atoms with Gasteiger partial charge >= 0.3 is 0 Å². The molecule has 0 aromatic heterocycles. The van der Waals surface area contributed by atoms with Crippen molar-refractivity contribution in [2.45, 2.75) is 11.3 Å². The van der Waals surface area contributed by atoms with Crippen molar-refractivity contribution in [2.75, 3.05) is 6.61 Å². The van der Waals surface area contributed by atoms with E-state index in [-0.39, 0.29) is 55.6 Å². The van der Waals surface area contributed by atoms with Crippen LogP contribution >= 0.6 is 10.7 Å². The molecule has 3 nitrogen and oxygen atoms in total. The smallest absolute Gasteiger partial charge is 0.261 e. The van der Waals surface area contributed by atoms with Gasteiger partial charge in [0.1, 0.15) is 0 Å². The molecular formula is C12H11AcClO3S. The van der Waals surface area contributed by atoms with Crippen molar-refractivity contribution in [3.8, 4) is 0 Å². The van der Waals surface area contributed by atoms with E-state index in [0.29, 0.717) is 11.8 Å². The topological polar surface area (TPSA) is 54.4 Å². The van der Waals surface area contributed by atoms with Crippen LogP contribution in [-0.2, 0) is 15.5 Å². The van der Waals surface area contributed by atoms with Crippen molar-refractivity contribution in [3.63, 3.8) is 0 Å². The first-order valence-electron chi connectivity index (χ1n) is 5.10. The van der Waals surface area contributed by atoms with Gasteiger partial charge in [-0.3, -0.25) is 0 Å². The summed E-state index contributed by atoms with van der Waals surface area (Å²) in [4.78, 5) is 0.108. The van der Waals surface area contributed by atoms with Crippen LogP contribution < -0.4 is 0 Å². The molecule has 0 heterocycles. The van der Waals surface area contributed by atoms with Gasteiger partial charge in [-0.25, -0.2) is 8.42 Å². The Hall–Kier alpha value is 0.342. The fourth-order valence-electron chi connectivity index (χ4n) is 1.88. The van der Waals surface area contributed by atoms with Crippen LogP contribution in [0.15, 0.2) is 41.3 Å². The summed E-state index contributed by atoms with van der Waals surface area (Å²) in [6, 6.07) is 10.3. The Kier molecular flexibility index (Phi) is 6.08. The Bertz CT molecular complexity index is 655. The third-order valence-electron chi connectivity index (χ3n) is 2.62. The van der Waals surface area contributed by atoms with Crippen LogP contribution in [0.1, 0.15) is 5.56 Å². The van der Waals surface area contributed by atoms with Crippen molar-refractivity contribution in [3.05, 3.63) is 42.0 Å².